The largest absolute Gasteiger partial charge is 0.383 e. The van der Waals surface area contributed by atoms with Crippen molar-refractivity contribution in [2.45, 2.75) is 6.92 Å². The number of carbonyl (C=O) groups is 2. The Morgan fingerprint density at radius 1 is 1.00 bits per heavy atom. The molecule has 0 unspecified atom stereocenters. The molecule has 134 valence electrons. The quantitative estimate of drug-likeness (QED) is 0.746. The molecule has 0 atom stereocenters. The Morgan fingerprint density at radius 3 is 2.24 bits per heavy atom. The molecule has 25 heavy (non-hydrogen) atoms. The number of hydrogen-bond donors (Lipinski definition) is 0. The summed E-state index contributed by atoms with van der Waals surface area (Å²) >= 11 is 0. The first-order valence-electron chi connectivity index (χ1n) is 8.63. The number of aryl methyl sites for hydroxylation is 1. The normalized spacial score (nSPS) is 19.3. The van der Waals surface area contributed by atoms with Gasteiger partial charge in [-0.3, -0.25) is 14.5 Å². The summed E-state index contributed by atoms with van der Waals surface area (Å²) in [4.78, 5) is 31.6. The molecule has 1 fully saturated rings. The third kappa shape index (κ3) is 3.45. The van der Waals surface area contributed by atoms with Gasteiger partial charge in [-0.2, -0.15) is 0 Å². The lowest BCUT2D eigenvalue weighted by molar-refractivity contribution is -0.138. The van der Waals surface area contributed by atoms with Crippen LogP contribution in [0, 0.1) is 6.92 Å². The van der Waals surface area contributed by atoms with Crippen molar-refractivity contribution in [2.24, 2.45) is 0 Å². The highest BCUT2D eigenvalue weighted by Gasteiger charge is 2.41. The van der Waals surface area contributed by atoms with Crippen LogP contribution < -0.4 is 0 Å². The van der Waals surface area contributed by atoms with Crippen LogP contribution in [0.3, 0.4) is 0 Å². The third-order valence-corrected chi connectivity index (χ3v) is 4.82. The fourth-order valence-corrected chi connectivity index (χ4v) is 3.25. The maximum atomic E-state index is 13.0. The summed E-state index contributed by atoms with van der Waals surface area (Å²) in [5, 5.41) is 0. The summed E-state index contributed by atoms with van der Waals surface area (Å²) in [6, 6.07) is 7.79. The van der Waals surface area contributed by atoms with E-state index in [0.29, 0.717) is 17.9 Å². The summed E-state index contributed by atoms with van der Waals surface area (Å²) < 4.78 is 5.07. The van der Waals surface area contributed by atoms with Crippen molar-refractivity contribution in [1.29, 1.82) is 0 Å². The fourth-order valence-electron chi connectivity index (χ4n) is 3.25. The first-order valence-corrected chi connectivity index (χ1v) is 8.63. The number of piperazine rings is 1. The van der Waals surface area contributed by atoms with E-state index in [1.807, 2.05) is 31.2 Å². The second-order valence-electron chi connectivity index (χ2n) is 6.63. The Balaban J connectivity index is 1.99. The average molecular weight is 343 g/mol. The van der Waals surface area contributed by atoms with Gasteiger partial charge in [0.1, 0.15) is 5.70 Å². The summed E-state index contributed by atoms with van der Waals surface area (Å²) in [5.41, 5.74) is 2.99. The topological polar surface area (TPSA) is 53.1 Å². The lowest BCUT2D eigenvalue weighted by Crippen LogP contribution is -2.46. The maximum absolute atomic E-state index is 13.0. The zero-order valence-electron chi connectivity index (χ0n) is 15.1. The van der Waals surface area contributed by atoms with Gasteiger partial charge < -0.3 is 14.5 Å². The van der Waals surface area contributed by atoms with Gasteiger partial charge in [-0.05, 0) is 19.5 Å². The van der Waals surface area contributed by atoms with Gasteiger partial charge in [0.15, 0.2) is 0 Å². The summed E-state index contributed by atoms with van der Waals surface area (Å²) in [7, 11) is 3.64. The molecule has 0 radical (unpaired) electrons. The molecule has 0 saturated carbocycles. The van der Waals surface area contributed by atoms with Gasteiger partial charge in [0.05, 0.1) is 18.7 Å². The van der Waals surface area contributed by atoms with Crippen LogP contribution in [-0.4, -0.2) is 80.0 Å². The number of nitrogens with zero attached hydrogens (tertiary/aromatic N) is 3. The lowest BCUT2D eigenvalue weighted by Gasteiger charge is -2.34. The molecule has 3 rings (SSSR count). The van der Waals surface area contributed by atoms with Crippen molar-refractivity contribution in [2.75, 3.05) is 53.5 Å². The number of amides is 2. The summed E-state index contributed by atoms with van der Waals surface area (Å²) in [5.74, 6) is -0.429. The van der Waals surface area contributed by atoms with Gasteiger partial charge in [-0.25, -0.2) is 0 Å². The monoisotopic (exact) mass is 343 g/mol. The standard InChI is InChI=1S/C19H25N3O3/c1-14-4-6-15(7-5-14)16-17(21-10-8-20(2)9-11-21)19(24)22(18(16)23)12-13-25-3/h4-7H,8-13H2,1-3H3. The van der Waals surface area contributed by atoms with E-state index in [4.69, 9.17) is 4.74 Å². The zero-order valence-corrected chi connectivity index (χ0v) is 15.1. The number of likely N-dealkylation sites (N-methyl/N-ethyl adjacent to an activating group) is 1. The smallest absolute Gasteiger partial charge is 0.277 e. The molecule has 0 spiro atoms. The molecule has 1 aromatic rings. The molecule has 2 aliphatic heterocycles. The minimum absolute atomic E-state index is 0.206. The van der Waals surface area contributed by atoms with Gasteiger partial charge in [-0.1, -0.05) is 29.8 Å². The molecule has 2 aliphatic rings. The van der Waals surface area contributed by atoms with Crippen molar-refractivity contribution < 1.29 is 14.3 Å². The Morgan fingerprint density at radius 2 is 1.64 bits per heavy atom. The second-order valence-corrected chi connectivity index (χ2v) is 6.63. The van der Waals surface area contributed by atoms with Crippen molar-refractivity contribution in [3.8, 4) is 0 Å². The molecule has 2 heterocycles. The minimum atomic E-state index is -0.222. The van der Waals surface area contributed by atoms with Crippen molar-refractivity contribution in [1.82, 2.24) is 14.7 Å². The molecule has 1 aromatic carbocycles. The Hall–Kier alpha value is -2.18. The Bertz CT molecular complexity index is 688. The highest BCUT2D eigenvalue weighted by molar-refractivity contribution is 6.35. The number of rotatable bonds is 5. The van der Waals surface area contributed by atoms with Gasteiger partial charge in [0.25, 0.3) is 11.8 Å². The van der Waals surface area contributed by atoms with Crippen molar-refractivity contribution in [3.05, 3.63) is 41.1 Å². The van der Waals surface area contributed by atoms with Gasteiger partial charge in [0.2, 0.25) is 0 Å². The van der Waals surface area contributed by atoms with E-state index in [1.54, 1.807) is 7.11 Å². The number of benzene rings is 1. The van der Waals surface area contributed by atoms with Crippen LogP contribution in [0.25, 0.3) is 5.57 Å². The minimum Gasteiger partial charge on any atom is -0.383 e. The molecule has 0 bridgehead atoms. The van der Waals surface area contributed by atoms with Crippen LogP contribution >= 0.6 is 0 Å². The number of carbonyl (C=O) groups excluding carboxylic acids is 2. The highest BCUT2D eigenvalue weighted by atomic mass is 16.5. The average Bonchev–Trinajstić information content (AvgIpc) is 2.85. The third-order valence-electron chi connectivity index (χ3n) is 4.82. The summed E-state index contributed by atoms with van der Waals surface area (Å²) in [6.07, 6.45) is 0. The number of ether oxygens (including phenoxy) is 1. The SMILES string of the molecule is COCCN1C(=O)C(c2ccc(C)cc2)=C(N2CCN(C)CC2)C1=O. The van der Waals surface area contributed by atoms with Crippen molar-refractivity contribution in [3.63, 3.8) is 0 Å². The van der Waals surface area contributed by atoms with Crippen LogP contribution in [0.2, 0.25) is 0 Å². The molecular weight excluding hydrogens is 318 g/mol. The van der Waals surface area contributed by atoms with E-state index < -0.39 is 0 Å². The van der Waals surface area contributed by atoms with Crippen LogP contribution in [-0.2, 0) is 14.3 Å². The zero-order chi connectivity index (χ0) is 18.0. The number of methoxy groups -OCH3 is 1. The predicted molar refractivity (Wildman–Crippen MR) is 95.8 cm³/mol. The van der Waals surface area contributed by atoms with Crippen LogP contribution in [0.1, 0.15) is 11.1 Å². The predicted octanol–water partition coefficient (Wildman–Crippen LogP) is 0.969. The lowest BCUT2D eigenvalue weighted by atomic mass is 10.0. The van der Waals surface area contributed by atoms with E-state index >= 15 is 0 Å². The van der Waals surface area contributed by atoms with Gasteiger partial charge >= 0.3 is 0 Å². The molecule has 2 amide bonds. The number of imide groups is 1. The molecular formula is C19H25N3O3. The molecule has 1 saturated heterocycles. The molecule has 0 aromatic heterocycles. The molecule has 6 nitrogen and oxygen atoms in total. The summed E-state index contributed by atoms with van der Waals surface area (Å²) in [6.45, 7) is 5.88. The van der Waals surface area contributed by atoms with E-state index in [0.717, 1.165) is 37.3 Å². The fraction of sp³-hybridized carbons (Fsp3) is 0.474. The molecule has 0 N–H and O–H groups in total. The first-order chi connectivity index (χ1) is 12.0. The van der Waals surface area contributed by atoms with Gasteiger partial charge in [0, 0.05) is 33.3 Å². The van der Waals surface area contributed by atoms with E-state index in [1.165, 1.54) is 4.90 Å². The van der Waals surface area contributed by atoms with Gasteiger partial charge in [-0.15, -0.1) is 0 Å². The Kier molecular flexibility index (Phi) is 5.20. The first kappa shape index (κ1) is 17.6. The van der Waals surface area contributed by atoms with Crippen LogP contribution in [0.5, 0.6) is 0 Å². The number of hydrogen-bond acceptors (Lipinski definition) is 5. The molecule has 0 aliphatic carbocycles. The molecule has 6 heteroatoms. The second kappa shape index (κ2) is 7.37. The van der Waals surface area contributed by atoms with E-state index in [-0.39, 0.29) is 18.4 Å². The Labute approximate surface area is 148 Å². The van der Waals surface area contributed by atoms with E-state index in [2.05, 4.69) is 16.8 Å². The van der Waals surface area contributed by atoms with Crippen LogP contribution in [0.15, 0.2) is 30.0 Å². The van der Waals surface area contributed by atoms with Crippen molar-refractivity contribution >= 4 is 17.4 Å². The van der Waals surface area contributed by atoms with E-state index in [9.17, 15) is 9.59 Å². The maximum Gasteiger partial charge on any atom is 0.277 e. The van der Waals surface area contributed by atoms with Crippen LogP contribution in [0.4, 0.5) is 0 Å². The highest BCUT2D eigenvalue weighted by Crippen LogP contribution is 2.32.